The largest absolute Gasteiger partial charge is 0.494 e. The van der Waals surface area contributed by atoms with Crippen molar-refractivity contribution >= 4 is 5.97 Å². The highest BCUT2D eigenvalue weighted by Gasteiger charge is 2.32. The van der Waals surface area contributed by atoms with Gasteiger partial charge in [-0.15, -0.1) is 0 Å². The summed E-state index contributed by atoms with van der Waals surface area (Å²) in [6.45, 7) is 0.175. The molecule has 0 bridgehead atoms. The Bertz CT molecular complexity index is 430. The molecule has 2 rings (SSSR count). The first kappa shape index (κ1) is 10.7. The first-order chi connectivity index (χ1) is 7.67. The van der Waals surface area contributed by atoms with Crippen molar-refractivity contribution in [2.75, 3.05) is 20.8 Å². The molecule has 5 heteroatoms. The highest BCUT2D eigenvalue weighted by Crippen LogP contribution is 2.38. The van der Waals surface area contributed by atoms with Gasteiger partial charge < -0.3 is 14.2 Å². The number of fused-ring (bicyclic) bond motifs is 1. The maximum Gasteiger partial charge on any atom is 0.316 e. The lowest BCUT2D eigenvalue weighted by Crippen LogP contribution is -2.15. The normalized spacial score (nSPS) is 17.6. The summed E-state index contributed by atoms with van der Waals surface area (Å²) in [5.74, 6) is -0.928. The van der Waals surface area contributed by atoms with Crippen molar-refractivity contribution < 1.29 is 23.4 Å². The lowest BCUT2D eigenvalue weighted by Gasteiger charge is -2.07. The van der Waals surface area contributed by atoms with E-state index in [-0.39, 0.29) is 12.4 Å². The molecule has 1 heterocycles. The van der Waals surface area contributed by atoms with Crippen molar-refractivity contribution in [3.8, 4) is 11.5 Å². The molecule has 0 N–H and O–H groups in total. The molecule has 0 aromatic heterocycles. The Labute approximate surface area is 91.9 Å². The zero-order valence-corrected chi connectivity index (χ0v) is 8.95. The predicted octanol–water partition coefficient (Wildman–Crippen LogP) is 1.48. The summed E-state index contributed by atoms with van der Waals surface area (Å²) in [7, 11) is 2.66. The van der Waals surface area contributed by atoms with Gasteiger partial charge in [-0.05, 0) is 6.07 Å². The number of hydrogen-bond acceptors (Lipinski definition) is 4. The van der Waals surface area contributed by atoms with Gasteiger partial charge in [0, 0.05) is 11.6 Å². The van der Waals surface area contributed by atoms with Gasteiger partial charge in [-0.2, -0.15) is 0 Å². The molecule has 0 spiro atoms. The third-order valence-electron chi connectivity index (χ3n) is 2.55. The Kier molecular flexibility index (Phi) is 2.68. The van der Waals surface area contributed by atoms with Crippen molar-refractivity contribution in [2.45, 2.75) is 5.92 Å². The zero-order valence-electron chi connectivity index (χ0n) is 8.95. The molecule has 0 fully saturated rings. The smallest absolute Gasteiger partial charge is 0.316 e. The van der Waals surface area contributed by atoms with Gasteiger partial charge in [-0.3, -0.25) is 4.79 Å². The van der Waals surface area contributed by atoms with E-state index in [2.05, 4.69) is 4.74 Å². The fraction of sp³-hybridized carbons (Fsp3) is 0.364. The quantitative estimate of drug-likeness (QED) is 0.716. The molecule has 1 aliphatic rings. The molecule has 0 saturated heterocycles. The molecular formula is C11H11FO4. The highest BCUT2D eigenvalue weighted by atomic mass is 19.1. The molecule has 1 unspecified atom stereocenters. The summed E-state index contributed by atoms with van der Waals surface area (Å²) < 4.78 is 28.2. The molecule has 0 aliphatic carbocycles. The minimum absolute atomic E-state index is 0.101. The fourth-order valence-corrected chi connectivity index (χ4v) is 1.70. The Morgan fingerprint density at radius 3 is 2.88 bits per heavy atom. The number of rotatable bonds is 2. The molecule has 0 amide bonds. The van der Waals surface area contributed by atoms with Crippen LogP contribution in [0.2, 0.25) is 0 Å². The van der Waals surface area contributed by atoms with Crippen molar-refractivity contribution in [3.63, 3.8) is 0 Å². The molecule has 1 atom stereocenters. The Balaban J connectivity index is 2.41. The number of ether oxygens (including phenoxy) is 3. The number of hydrogen-bond donors (Lipinski definition) is 0. The second-order valence-electron chi connectivity index (χ2n) is 3.41. The molecule has 1 aliphatic heterocycles. The van der Waals surface area contributed by atoms with Crippen LogP contribution in [0.25, 0.3) is 0 Å². The van der Waals surface area contributed by atoms with Crippen LogP contribution in [-0.4, -0.2) is 26.8 Å². The maximum absolute atomic E-state index is 13.5. The van der Waals surface area contributed by atoms with E-state index in [1.807, 2.05) is 0 Å². The number of methoxy groups -OCH3 is 2. The first-order valence-corrected chi connectivity index (χ1v) is 4.75. The summed E-state index contributed by atoms with van der Waals surface area (Å²) in [6.07, 6.45) is 0. The van der Waals surface area contributed by atoms with E-state index >= 15 is 0 Å². The van der Waals surface area contributed by atoms with Gasteiger partial charge in [0.05, 0.1) is 14.2 Å². The van der Waals surface area contributed by atoms with E-state index in [0.717, 1.165) is 0 Å². The lowest BCUT2D eigenvalue weighted by molar-refractivity contribution is -0.142. The topological polar surface area (TPSA) is 44.8 Å². The van der Waals surface area contributed by atoms with Crippen molar-refractivity contribution in [1.82, 2.24) is 0 Å². The molecule has 4 nitrogen and oxygen atoms in total. The number of carbonyl (C=O) groups is 1. The van der Waals surface area contributed by atoms with Crippen LogP contribution in [0, 0.1) is 5.82 Å². The van der Waals surface area contributed by atoms with E-state index < -0.39 is 17.7 Å². The van der Waals surface area contributed by atoms with E-state index in [1.54, 1.807) is 0 Å². The predicted molar refractivity (Wildman–Crippen MR) is 53.2 cm³/mol. The van der Waals surface area contributed by atoms with E-state index in [9.17, 15) is 9.18 Å². The second-order valence-corrected chi connectivity index (χ2v) is 3.41. The van der Waals surface area contributed by atoms with Crippen LogP contribution in [-0.2, 0) is 9.53 Å². The molecule has 16 heavy (non-hydrogen) atoms. The average Bonchev–Trinajstić information content (AvgIpc) is 2.69. The van der Waals surface area contributed by atoms with Crippen LogP contribution < -0.4 is 9.47 Å². The van der Waals surface area contributed by atoms with E-state index in [1.165, 1.54) is 26.4 Å². The summed E-state index contributed by atoms with van der Waals surface area (Å²) in [5.41, 5.74) is 0.505. The van der Waals surface area contributed by atoms with Crippen LogP contribution >= 0.6 is 0 Å². The summed E-state index contributed by atoms with van der Waals surface area (Å²) in [6, 6.07) is 2.69. The third-order valence-corrected chi connectivity index (χ3v) is 2.55. The van der Waals surface area contributed by atoms with Gasteiger partial charge in [0.2, 0.25) is 0 Å². The van der Waals surface area contributed by atoms with Gasteiger partial charge in [-0.1, -0.05) is 0 Å². The second kappa shape index (κ2) is 4.00. The molecule has 86 valence electrons. The van der Waals surface area contributed by atoms with Crippen LogP contribution in [0.1, 0.15) is 11.5 Å². The first-order valence-electron chi connectivity index (χ1n) is 4.75. The number of halogens is 1. The van der Waals surface area contributed by atoms with Gasteiger partial charge in [-0.25, -0.2) is 4.39 Å². The molecule has 1 aromatic carbocycles. The number of esters is 1. The minimum Gasteiger partial charge on any atom is -0.494 e. The van der Waals surface area contributed by atoms with Crippen LogP contribution in [0.5, 0.6) is 11.5 Å². The van der Waals surface area contributed by atoms with E-state index in [4.69, 9.17) is 9.47 Å². The van der Waals surface area contributed by atoms with Gasteiger partial charge in [0.15, 0.2) is 11.6 Å². The molecule has 0 radical (unpaired) electrons. The Hall–Kier alpha value is -1.78. The zero-order chi connectivity index (χ0) is 11.7. The Morgan fingerprint density at radius 1 is 1.50 bits per heavy atom. The minimum atomic E-state index is -0.555. The van der Waals surface area contributed by atoms with Crippen molar-refractivity contribution in [2.24, 2.45) is 0 Å². The van der Waals surface area contributed by atoms with Gasteiger partial charge in [0.1, 0.15) is 18.3 Å². The SMILES string of the molecule is COC(=O)C1COc2cc(OC)c(F)cc21. The third kappa shape index (κ3) is 1.58. The number of carbonyl (C=O) groups excluding carboxylic acids is 1. The Morgan fingerprint density at radius 2 is 2.25 bits per heavy atom. The van der Waals surface area contributed by atoms with Crippen LogP contribution in [0.4, 0.5) is 4.39 Å². The maximum atomic E-state index is 13.5. The highest BCUT2D eigenvalue weighted by molar-refractivity contribution is 5.80. The summed E-state index contributed by atoms with van der Waals surface area (Å²) in [5, 5.41) is 0. The van der Waals surface area contributed by atoms with Gasteiger partial charge in [0.25, 0.3) is 0 Å². The summed E-state index contributed by atoms with van der Waals surface area (Å²) >= 11 is 0. The standard InChI is InChI=1S/C11H11FO4/c1-14-10-4-9-6(3-8(10)12)7(5-16-9)11(13)15-2/h3-4,7H,5H2,1-2H3. The summed E-state index contributed by atoms with van der Waals surface area (Å²) in [4.78, 5) is 11.4. The number of benzene rings is 1. The fourth-order valence-electron chi connectivity index (χ4n) is 1.70. The van der Waals surface area contributed by atoms with E-state index in [0.29, 0.717) is 11.3 Å². The van der Waals surface area contributed by atoms with Crippen LogP contribution in [0.15, 0.2) is 12.1 Å². The molecular weight excluding hydrogens is 215 g/mol. The van der Waals surface area contributed by atoms with Crippen molar-refractivity contribution in [3.05, 3.63) is 23.5 Å². The average molecular weight is 226 g/mol. The lowest BCUT2D eigenvalue weighted by atomic mass is 10.0. The van der Waals surface area contributed by atoms with Gasteiger partial charge >= 0.3 is 5.97 Å². The molecule has 1 aromatic rings. The monoisotopic (exact) mass is 226 g/mol. The van der Waals surface area contributed by atoms with Crippen molar-refractivity contribution in [1.29, 1.82) is 0 Å². The molecule has 0 saturated carbocycles. The van der Waals surface area contributed by atoms with Crippen LogP contribution in [0.3, 0.4) is 0 Å².